The monoisotopic (exact) mass is 394 g/mol. The third-order valence-corrected chi connectivity index (χ3v) is 6.35. The van der Waals surface area contributed by atoms with Gasteiger partial charge in [-0.3, -0.25) is 5.41 Å². The molecule has 1 aromatic rings. The lowest BCUT2D eigenvalue weighted by Crippen LogP contribution is -2.30. The maximum absolute atomic E-state index is 7.42. The molecule has 0 atom stereocenters. The highest BCUT2D eigenvalue weighted by Gasteiger charge is 2.43. The van der Waals surface area contributed by atoms with E-state index in [1.807, 2.05) is 7.11 Å². The van der Waals surface area contributed by atoms with Gasteiger partial charge in [0.05, 0.1) is 6.10 Å². The molecule has 3 nitrogen and oxygen atoms in total. The van der Waals surface area contributed by atoms with Crippen molar-refractivity contribution in [2.45, 2.75) is 38.2 Å². The lowest BCUT2D eigenvalue weighted by Gasteiger charge is -2.38. The Bertz CT molecular complexity index is 636. The van der Waals surface area contributed by atoms with Crippen LogP contribution in [0.3, 0.4) is 0 Å². The van der Waals surface area contributed by atoms with Crippen LogP contribution >= 0.6 is 27.7 Å². The molecule has 0 saturated heterocycles. The van der Waals surface area contributed by atoms with Crippen molar-refractivity contribution in [1.29, 1.82) is 5.41 Å². The van der Waals surface area contributed by atoms with Crippen molar-refractivity contribution in [3.8, 4) is 0 Å². The fourth-order valence-corrected chi connectivity index (χ4v) is 4.86. The third-order valence-electron chi connectivity index (χ3n) is 5.21. The fourth-order valence-electron chi connectivity index (χ4n) is 4.07. The van der Waals surface area contributed by atoms with Crippen LogP contribution in [0.2, 0.25) is 0 Å². The highest BCUT2D eigenvalue weighted by Crippen LogP contribution is 2.55. The first-order valence-electron chi connectivity index (χ1n) is 8.03. The molecule has 3 rings (SSSR count). The summed E-state index contributed by atoms with van der Waals surface area (Å²) >= 11 is 5.01. The Balaban J connectivity index is 1.91. The molecule has 0 bridgehead atoms. The number of hydrogen-bond donors (Lipinski definition) is 2. The molecule has 1 fully saturated rings. The molecule has 0 unspecified atom stereocenters. The Morgan fingerprint density at radius 1 is 1.48 bits per heavy atom. The van der Waals surface area contributed by atoms with Gasteiger partial charge >= 0.3 is 0 Å². The zero-order chi connectivity index (χ0) is 16.4. The lowest BCUT2D eigenvalue weighted by atomic mass is 9.68. The molecular weight excluding hydrogens is 372 g/mol. The summed E-state index contributed by atoms with van der Waals surface area (Å²) in [5.74, 6) is 0.770. The Morgan fingerprint density at radius 3 is 2.87 bits per heavy atom. The smallest absolute Gasteiger partial charge is 0.151 e. The second-order valence-corrected chi connectivity index (χ2v) is 8.46. The molecule has 1 spiro atoms. The van der Waals surface area contributed by atoms with Crippen LogP contribution in [-0.2, 0) is 11.2 Å². The van der Waals surface area contributed by atoms with Gasteiger partial charge < -0.3 is 10.5 Å². The number of benzene rings is 1. The molecule has 23 heavy (non-hydrogen) atoms. The van der Waals surface area contributed by atoms with Gasteiger partial charge in [-0.1, -0.05) is 39.8 Å². The van der Waals surface area contributed by atoms with Crippen LogP contribution in [0.4, 0.5) is 0 Å². The van der Waals surface area contributed by atoms with Gasteiger partial charge in [0.15, 0.2) is 5.17 Å². The van der Waals surface area contributed by atoms with Gasteiger partial charge in [-0.05, 0) is 66.4 Å². The molecule has 3 N–H and O–H groups in total. The number of allylic oxidation sites excluding steroid dienone is 1. The molecule has 2 aliphatic carbocycles. The van der Waals surface area contributed by atoms with Crippen LogP contribution in [0, 0.1) is 10.8 Å². The molecule has 2 aliphatic rings. The van der Waals surface area contributed by atoms with Gasteiger partial charge in [-0.15, -0.1) is 0 Å². The summed E-state index contributed by atoms with van der Waals surface area (Å²) in [4.78, 5) is 0. The topological polar surface area (TPSA) is 59.1 Å². The van der Waals surface area contributed by atoms with E-state index < -0.39 is 0 Å². The van der Waals surface area contributed by atoms with Gasteiger partial charge in [0, 0.05) is 17.3 Å². The van der Waals surface area contributed by atoms with Crippen LogP contribution in [0.25, 0.3) is 5.57 Å². The third kappa shape index (κ3) is 3.52. The minimum absolute atomic E-state index is 0.187. The van der Waals surface area contributed by atoms with Crippen molar-refractivity contribution < 1.29 is 4.74 Å². The Morgan fingerprint density at radius 2 is 2.22 bits per heavy atom. The Hall–Kier alpha value is -0.780. The molecule has 1 aromatic carbocycles. The Kier molecular flexibility index (Phi) is 5.19. The molecule has 124 valence electrons. The van der Waals surface area contributed by atoms with Crippen LogP contribution in [0.5, 0.6) is 0 Å². The maximum atomic E-state index is 7.42. The summed E-state index contributed by atoms with van der Waals surface area (Å²) < 4.78 is 6.69. The number of hydrogen-bond acceptors (Lipinski definition) is 3. The first-order chi connectivity index (χ1) is 11.0. The van der Waals surface area contributed by atoms with Gasteiger partial charge in [-0.25, -0.2) is 0 Å². The van der Waals surface area contributed by atoms with Gasteiger partial charge in [0.1, 0.15) is 0 Å². The fraction of sp³-hybridized carbons (Fsp3) is 0.500. The number of nitrogens with two attached hydrogens (primary N) is 1. The highest BCUT2D eigenvalue weighted by molar-refractivity contribution is 9.10. The summed E-state index contributed by atoms with van der Waals surface area (Å²) in [6, 6.07) is 6.64. The minimum Gasteiger partial charge on any atom is -0.381 e. The van der Waals surface area contributed by atoms with E-state index in [1.165, 1.54) is 41.3 Å². The SMILES string of the molecule is COC1CCC2(CC1)Cc1ccc(Br)cc1/C2=C\CSC(=N)N. The van der Waals surface area contributed by atoms with E-state index in [1.54, 1.807) is 0 Å². The predicted molar refractivity (Wildman–Crippen MR) is 102 cm³/mol. The first kappa shape index (κ1) is 17.1. The molecule has 0 amide bonds. The molecule has 0 radical (unpaired) electrons. The summed E-state index contributed by atoms with van der Waals surface area (Å²) in [5, 5.41) is 7.61. The van der Waals surface area contributed by atoms with Crippen LogP contribution in [0.15, 0.2) is 28.7 Å². The second kappa shape index (κ2) is 6.99. The lowest BCUT2D eigenvalue weighted by molar-refractivity contribution is 0.0447. The Labute approximate surface area is 150 Å². The number of amidine groups is 1. The van der Waals surface area contributed by atoms with Crippen LogP contribution in [0.1, 0.15) is 36.8 Å². The van der Waals surface area contributed by atoms with Crippen molar-refractivity contribution >= 4 is 38.4 Å². The maximum Gasteiger partial charge on any atom is 0.151 e. The van der Waals surface area contributed by atoms with E-state index in [0.29, 0.717) is 6.10 Å². The normalized spacial score (nSPS) is 28.3. The number of ether oxygens (including phenoxy) is 1. The summed E-state index contributed by atoms with van der Waals surface area (Å²) in [5.41, 5.74) is 10.0. The number of thioether (sulfide) groups is 1. The van der Waals surface area contributed by atoms with Crippen molar-refractivity contribution in [2.75, 3.05) is 12.9 Å². The summed E-state index contributed by atoms with van der Waals surface area (Å²) in [7, 11) is 1.82. The largest absolute Gasteiger partial charge is 0.381 e. The van der Waals surface area contributed by atoms with Crippen molar-refractivity contribution in [1.82, 2.24) is 0 Å². The van der Waals surface area contributed by atoms with Crippen molar-refractivity contribution in [2.24, 2.45) is 11.1 Å². The quantitative estimate of drug-likeness (QED) is 0.581. The number of methoxy groups -OCH3 is 1. The first-order valence-corrected chi connectivity index (χ1v) is 9.81. The minimum atomic E-state index is 0.187. The van der Waals surface area contributed by atoms with Gasteiger partial charge in [0.25, 0.3) is 0 Å². The number of nitrogens with one attached hydrogen (secondary N) is 1. The number of rotatable bonds is 3. The standard InChI is InChI=1S/C18H23BrN2OS/c1-22-14-4-7-18(8-5-14)11-12-2-3-13(19)10-15(12)16(18)6-9-23-17(20)21/h2-3,6,10,14H,4-5,7-9,11H2,1H3,(H3,20,21)/b16-6+. The van der Waals surface area contributed by atoms with Gasteiger partial charge in [0.2, 0.25) is 0 Å². The van der Waals surface area contributed by atoms with Crippen molar-refractivity contribution in [3.63, 3.8) is 0 Å². The van der Waals surface area contributed by atoms with E-state index in [2.05, 4.69) is 40.2 Å². The van der Waals surface area contributed by atoms with E-state index in [0.717, 1.165) is 29.5 Å². The van der Waals surface area contributed by atoms with Crippen molar-refractivity contribution in [3.05, 3.63) is 39.9 Å². The predicted octanol–water partition coefficient (Wildman–Crippen LogP) is 4.59. The molecule has 0 heterocycles. The zero-order valence-electron chi connectivity index (χ0n) is 13.4. The summed E-state index contributed by atoms with van der Waals surface area (Å²) in [6.07, 6.45) is 8.44. The molecule has 0 aliphatic heterocycles. The molecular formula is C18H23BrN2OS. The van der Waals surface area contributed by atoms with Gasteiger partial charge in [-0.2, -0.15) is 0 Å². The molecule has 5 heteroatoms. The average Bonchev–Trinajstić information content (AvgIpc) is 2.81. The number of fused-ring (bicyclic) bond motifs is 1. The van der Waals surface area contributed by atoms with E-state index in [9.17, 15) is 0 Å². The van der Waals surface area contributed by atoms with Crippen LogP contribution < -0.4 is 5.73 Å². The molecule has 1 saturated carbocycles. The number of halogens is 1. The summed E-state index contributed by atoms with van der Waals surface area (Å²) in [6.45, 7) is 0. The second-order valence-electron chi connectivity index (χ2n) is 6.49. The highest BCUT2D eigenvalue weighted by atomic mass is 79.9. The average molecular weight is 395 g/mol. The van der Waals surface area contributed by atoms with E-state index >= 15 is 0 Å². The van der Waals surface area contributed by atoms with E-state index in [-0.39, 0.29) is 10.6 Å². The van der Waals surface area contributed by atoms with Crippen LogP contribution in [-0.4, -0.2) is 24.1 Å². The van der Waals surface area contributed by atoms with E-state index in [4.69, 9.17) is 15.9 Å². The zero-order valence-corrected chi connectivity index (χ0v) is 15.8. The molecule has 0 aromatic heterocycles.